The Labute approximate surface area is 152 Å². The van der Waals surface area contributed by atoms with E-state index in [0.29, 0.717) is 30.8 Å². The molecule has 0 aliphatic carbocycles. The van der Waals surface area contributed by atoms with Crippen molar-refractivity contribution in [3.63, 3.8) is 0 Å². The van der Waals surface area contributed by atoms with Gasteiger partial charge in [0.25, 0.3) is 5.91 Å². The second-order valence-electron chi connectivity index (χ2n) is 7.00. The minimum atomic E-state index is -0.668. The quantitative estimate of drug-likeness (QED) is 0.916. The first kappa shape index (κ1) is 16.8. The Morgan fingerprint density at radius 1 is 1.38 bits per heavy atom. The molecule has 0 saturated carbocycles. The zero-order valence-electron chi connectivity index (χ0n) is 15.1. The van der Waals surface area contributed by atoms with Crippen molar-refractivity contribution in [2.75, 3.05) is 11.9 Å². The highest BCUT2D eigenvalue weighted by atomic mass is 16.3. The second-order valence-corrected chi connectivity index (χ2v) is 7.00. The molecule has 136 valence electrons. The molecular weight excluding hydrogens is 330 g/mol. The third kappa shape index (κ3) is 2.21. The summed E-state index contributed by atoms with van der Waals surface area (Å²) in [5.41, 5.74) is 1.58. The molecule has 1 aromatic carbocycles. The number of carbonyl (C=O) groups excluding carboxylic acids is 2. The molecule has 2 aliphatic rings. The smallest absolute Gasteiger partial charge is 0.276 e. The first-order chi connectivity index (χ1) is 12.6. The van der Waals surface area contributed by atoms with Crippen molar-refractivity contribution < 1.29 is 14.0 Å². The molecule has 0 bridgehead atoms. The van der Waals surface area contributed by atoms with Gasteiger partial charge in [-0.1, -0.05) is 38.5 Å². The fourth-order valence-electron chi connectivity index (χ4n) is 4.55. The van der Waals surface area contributed by atoms with E-state index in [1.54, 1.807) is 0 Å². The van der Waals surface area contributed by atoms with Crippen molar-refractivity contribution in [2.24, 2.45) is 0 Å². The van der Waals surface area contributed by atoms with Crippen LogP contribution in [0.3, 0.4) is 0 Å². The number of oxazole rings is 1. The van der Waals surface area contributed by atoms with Gasteiger partial charge in [-0.05, 0) is 24.5 Å². The van der Waals surface area contributed by atoms with Crippen molar-refractivity contribution in [1.29, 1.82) is 0 Å². The maximum absolute atomic E-state index is 13.2. The van der Waals surface area contributed by atoms with E-state index < -0.39 is 5.41 Å². The van der Waals surface area contributed by atoms with Crippen LogP contribution in [0.5, 0.6) is 0 Å². The van der Waals surface area contributed by atoms with Gasteiger partial charge < -0.3 is 14.6 Å². The summed E-state index contributed by atoms with van der Waals surface area (Å²) in [6.45, 7) is 4.56. The zero-order valence-corrected chi connectivity index (χ0v) is 15.1. The fourth-order valence-corrected chi connectivity index (χ4v) is 4.55. The van der Waals surface area contributed by atoms with Crippen LogP contribution in [0.15, 0.2) is 35.1 Å². The molecule has 26 heavy (non-hydrogen) atoms. The first-order valence-corrected chi connectivity index (χ1v) is 9.27. The first-order valence-electron chi connectivity index (χ1n) is 9.27. The van der Waals surface area contributed by atoms with E-state index in [9.17, 15) is 9.59 Å². The van der Waals surface area contributed by atoms with Crippen LogP contribution in [0.4, 0.5) is 5.69 Å². The summed E-state index contributed by atoms with van der Waals surface area (Å²) in [5, 5.41) is 3.02. The minimum absolute atomic E-state index is 0.00307. The van der Waals surface area contributed by atoms with Gasteiger partial charge in [0.1, 0.15) is 5.76 Å². The van der Waals surface area contributed by atoms with Crippen molar-refractivity contribution in [3.05, 3.63) is 47.7 Å². The summed E-state index contributed by atoms with van der Waals surface area (Å²) in [7, 11) is 0. The van der Waals surface area contributed by atoms with E-state index in [1.165, 1.54) is 6.39 Å². The number of rotatable bonds is 4. The summed E-state index contributed by atoms with van der Waals surface area (Å²) in [5.74, 6) is 0.467. The molecule has 2 aliphatic heterocycles. The molecule has 1 saturated heterocycles. The largest absolute Gasteiger partial charge is 0.448 e. The molecule has 2 amide bonds. The second kappa shape index (κ2) is 6.27. The summed E-state index contributed by atoms with van der Waals surface area (Å²) in [6, 6.07) is 7.65. The van der Waals surface area contributed by atoms with Gasteiger partial charge in [-0.3, -0.25) is 9.59 Å². The lowest BCUT2D eigenvalue weighted by Crippen LogP contribution is -2.48. The lowest BCUT2D eigenvalue weighted by molar-refractivity contribution is -0.121. The monoisotopic (exact) mass is 353 g/mol. The highest BCUT2D eigenvalue weighted by Crippen LogP contribution is 2.49. The molecule has 1 N–H and O–H groups in total. The minimum Gasteiger partial charge on any atom is -0.448 e. The highest BCUT2D eigenvalue weighted by molar-refractivity contribution is 6.08. The molecule has 2 aromatic rings. The number of anilines is 1. The molecular formula is C20H23N3O3. The molecule has 1 aromatic heterocycles. The molecule has 4 rings (SSSR count). The average Bonchev–Trinajstić information content (AvgIpc) is 3.33. The number of fused-ring (bicyclic) bond motifs is 2. The number of aromatic nitrogens is 1. The maximum Gasteiger partial charge on any atom is 0.276 e. The van der Waals surface area contributed by atoms with Crippen LogP contribution in [0, 0.1) is 0 Å². The molecule has 1 fully saturated rings. The number of nitrogens with one attached hydrogen (secondary N) is 1. The van der Waals surface area contributed by atoms with E-state index in [0.717, 1.165) is 24.1 Å². The van der Waals surface area contributed by atoms with Gasteiger partial charge in [0.15, 0.2) is 12.1 Å². The SMILES string of the molecule is CCC[C@@H]1N(C(=O)c2ncoc2CC)CC[C@]12C(=O)Nc1ccccc12. The van der Waals surface area contributed by atoms with Crippen molar-refractivity contribution in [2.45, 2.75) is 51.0 Å². The van der Waals surface area contributed by atoms with Gasteiger partial charge in [0, 0.05) is 18.7 Å². The van der Waals surface area contributed by atoms with E-state index in [2.05, 4.69) is 17.2 Å². The van der Waals surface area contributed by atoms with Crippen LogP contribution in [0.2, 0.25) is 0 Å². The van der Waals surface area contributed by atoms with Crippen LogP contribution in [-0.2, 0) is 16.6 Å². The van der Waals surface area contributed by atoms with E-state index >= 15 is 0 Å². The molecule has 6 heteroatoms. The number of likely N-dealkylation sites (tertiary alicyclic amines) is 1. The highest BCUT2D eigenvalue weighted by Gasteiger charge is 2.58. The summed E-state index contributed by atoms with van der Waals surface area (Å²) >= 11 is 0. The summed E-state index contributed by atoms with van der Waals surface area (Å²) in [6.07, 6.45) is 4.23. The van der Waals surface area contributed by atoms with Crippen molar-refractivity contribution in [1.82, 2.24) is 9.88 Å². The number of carbonyl (C=O) groups is 2. The lowest BCUT2D eigenvalue weighted by atomic mass is 9.73. The number of nitrogens with zero attached hydrogens (tertiary/aromatic N) is 2. The predicted molar refractivity (Wildman–Crippen MR) is 97.0 cm³/mol. The van der Waals surface area contributed by atoms with E-state index in [1.807, 2.05) is 36.1 Å². The normalized spacial score (nSPS) is 24.2. The fraction of sp³-hybridized carbons (Fsp3) is 0.450. The average molecular weight is 353 g/mol. The number of amides is 2. The molecule has 2 atom stereocenters. The van der Waals surface area contributed by atoms with Gasteiger partial charge >= 0.3 is 0 Å². The summed E-state index contributed by atoms with van der Waals surface area (Å²) < 4.78 is 5.35. The number of aryl methyl sites for hydroxylation is 1. The third-order valence-corrected chi connectivity index (χ3v) is 5.74. The maximum atomic E-state index is 13.2. The Kier molecular flexibility index (Phi) is 4.05. The molecule has 6 nitrogen and oxygen atoms in total. The summed E-state index contributed by atoms with van der Waals surface area (Å²) in [4.78, 5) is 32.2. The van der Waals surface area contributed by atoms with Crippen LogP contribution in [0.1, 0.15) is 54.9 Å². The molecule has 1 spiro atoms. The van der Waals surface area contributed by atoms with Gasteiger partial charge in [-0.25, -0.2) is 4.98 Å². The number of hydrogen-bond acceptors (Lipinski definition) is 4. The molecule has 0 unspecified atom stereocenters. The zero-order chi connectivity index (χ0) is 18.3. The van der Waals surface area contributed by atoms with Gasteiger partial charge in [0.05, 0.1) is 11.5 Å². The van der Waals surface area contributed by atoms with Crippen LogP contribution in [-0.4, -0.2) is 34.3 Å². The van der Waals surface area contributed by atoms with E-state index in [4.69, 9.17) is 4.42 Å². The Morgan fingerprint density at radius 3 is 2.96 bits per heavy atom. The number of benzene rings is 1. The number of hydrogen-bond donors (Lipinski definition) is 1. The van der Waals surface area contributed by atoms with Crippen LogP contribution in [0.25, 0.3) is 0 Å². The predicted octanol–water partition coefficient (Wildman–Crippen LogP) is 3.14. The van der Waals surface area contributed by atoms with Gasteiger partial charge in [-0.15, -0.1) is 0 Å². The van der Waals surface area contributed by atoms with E-state index in [-0.39, 0.29) is 17.9 Å². The third-order valence-electron chi connectivity index (χ3n) is 5.74. The Hall–Kier alpha value is -2.63. The van der Waals surface area contributed by atoms with Crippen LogP contribution >= 0.6 is 0 Å². The Balaban J connectivity index is 1.76. The molecule has 3 heterocycles. The lowest BCUT2D eigenvalue weighted by Gasteiger charge is -2.33. The Morgan fingerprint density at radius 2 is 2.19 bits per heavy atom. The van der Waals surface area contributed by atoms with Crippen molar-refractivity contribution >= 4 is 17.5 Å². The van der Waals surface area contributed by atoms with Gasteiger partial charge in [0.2, 0.25) is 5.91 Å². The van der Waals surface area contributed by atoms with Gasteiger partial charge in [-0.2, -0.15) is 0 Å². The number of para-hydroxylation sites is 1. The Bertz CT molecular complexity index is 859. The topological polar surface area (TPSA) is 75.4 Å². The molecule has 0 radical (unpaired) electrons. The standard InChI is InChI=1S/C20H23N3O3/c1-3-7-16-20(13-8-5-6-9-14(13)22-19(20)25)10-11-23(16)18(24)17-15(4-2)26-12-21-17/h5-6,8-9,12,16H,3-4,7,10-11H2,1-2H3,(H,22,25)/t16-,20+/m0/s1. The van der Waals surface area contributed by atoms with Crippen LogP contribution < -0.4 is 5.32 Å². The van der Waals surface area contributed by atoms with Crippen molar-refractivity contribution in [3.8, 4) is 0 Å².